The van der Waals surface area contributed by atoms with Gasteiger partial charge in [0.15, 0.2) is 0 Å². The summed E-state index contributed by atoms with van der Waals surface area (Å²) in [6.45, 7) is 5.34. The van der Waals surface area contributed by atoms with Crippen molar-refractivity contribution in [1.29, 1.82) is 0 Å². The zero-order chi connectivity index (χ0) is 14.3. The maximum atomic E-state index is 10.7. The summed E-state index contributed by atoms with van der Waals surface area (Å²) in [5.41, 5.74) is 1.55. The van der Waals surface area contributed by atoms with Gasteiger partial charge >= 0.3 is 0 Å². The van der Waals surface area contributed by atoms with E-state index in [1.807, 2.05) is 0 Å². The summed E-state index contributed by atoms with van der Waals surface area (Å²) >= 11 is 0. The SMILES string of the molecule is CCCNC(COC)Cc1cc(C)c([N+](=O)[O-])cn1. The minimum absolute atomic E-state index is 0.0635. The van der Waals surface area contributed by atoms with Gasteiger partial charge in [0.25, 0.3) is 5.69 Å². The molecule has 6 nitrogen and oxygen atoms in total. The molecule has 0 fully saturated rings. The number of nitrogens with zero attached hydrogens (tertiary/aromatic N) is 2. The summed E-state index contributed by atoms with van der Waals surface area (Å²) in [7, 11) is 1.66. The molecule has 1 heterocycles. The van der Waals surface area contributed by atoms with Crippen molar-refractivity contribution in [3.63, 3.8) is 0 Å². The molecular weight excluding hydrogens is 246 g/mol. The van der Waals surface area contributed by atoms with Crippen LogP contribution in [0.1, 0.15) is 24.6 Å². The highest BCUT2D eigenvalue weighted by Crippen LogP contribution is 2.17. The van der Waals surface area contributed by atoms with Gasteiger partial charge in [0.05, 0.1) is 11.5 Å². The molecule has 0 radical (unpaired) electrons. The monoisotopic (exact) mass is 267 g/mol. The molecule has 1 aromatic heterocycles. The fourth-order valence-corrected chi connectivity index (χ4v) is 1.90. The molecule has 0 saturated carbocycles. The highest BCUT2D eigenvalue weighted by molar-refractivity contribution is 5.37. The van der Waals surface area contributed by atoms with E-state index in [4.69, 9.17) is 4.74 Å². The van der Waals surface area contributed by atoms with Crippen molar-refractivity contribution in [3.05, 3.63) is 33.6 Å². The number of pyridine rings is 1. The maximum Gasteiger partial charge on any atom is 0.290 e. The molecule has 1 N–H and O–H groups in total. The van der Waals surface area contributed by atoms with Gasteiger partial charge in [-0.2, -0.15) is 0 Å². The Morgan fingerprint density at radius 3 is 2.84 bits per heavy atom. The molecule has 0 spiro atoms. The Kier molecular flexibility index (Phi) is 6.38. The molecule has 6 heteroatoms. The average molecular weight is 267 g/mol. The fourth-order valence-electron chi connectivity index (χ4n) is 1.90. The third kappa shape index (κ3) is 4.92. The summed E-state index contributed by atoms with van der Waals surface area (Å²) in [5.74, 6) is 0. The Hall–Kier alpha value is -1.53. The standard InChI is InChI=1S/C13H21N3O3/c1-4-5-14-12(9-19-3)7-11-6-10(2)13(8-15-11)16(17)18/h6,8,12,14H,4-5,7,9H2,1-3H3. The van der Waals surface area contributed by atoms with Crippen molar-refractivity contribution in [2.45, 2.75) is 32.7 Å². The lowest BCUT2D eigenvalue weighted by Gasteiger charge is -2.17. The molecule has 0 bridgehead atoms. The van der Waals surface area contributed by atoms with E-state index >= 15 is 0 Å². The van der Waals surface area contributed by atoms with E-state index in [-0.39, 0.29) is 11.7 Å². The zero-order valence-corrected chi connectivity index (χ0v) is 11.7. The first-order valence-electron chi connectivity index (χ1n) is 6.40. The average Bonchev–Trinajstić information content (AvgIpc) is 2.36. The summed E-state index contributed by atoms with van der Waals surface area (Å²) < 4.78 is 5.17. The van der Waals surface area contributed by atoms with Crippen molar-refractivity contribution in [2.24, 2.45) is 0 Å². The summed E-state index contributed by atoms with van der Waals surface area (Å²) in [5, 5.41) is 14.1. The lowest BCUT2D eigenvalue weighted by Crippen LogP contribution is -2.35. The molecule has 0 aromatic carbocycles. The number of ether oxygens (including phenoxy) is 1. The first-order valence-corrected chi connectivity index (χ1v) is 6.40. The Labute approximate surface area is 113 Å². The predicted octanol–water partition coefficient (Wildman–Crippen LogP) is 1.86. The first-order chi connectivity index (χ1) is 9.08. The molecule has 1 atom stereocenters. The second kappa shape index (κ2) is 7.81. The van der Waals surface area contributed by atoms with Crippen LogP contribution in [-0.4, -0.2) is 36.2 Å². The smallest absolute Gasteiger partial charge is 0.290 e. The van der Waals surface area contributed by atoms with E-state index in [1.54, 1.807) is 20.1 Å². The third-order valence-corrected chi connectivity index (χ3v) is 2.84. The van der Waals surface area contributed by atoms with Crippen LogP contribution in [0.15, 0.2) is 12.3 Å². The van der Waals surface area contributed by atoms with Crippen LogP contribution in [0.25, 0.3) is 0 Å². The first kappa shape index (κ1) is 15.5. The van der Waals surface area contributed by atoms with Crippen LogP contribution in [0.3, 0.4) is 0 Å². The second-order valence-corrected chi connectivity index (χ2v) is 4.53. The number of aryl methyl sites for hydroxylation is 1. The van der Waals surface area contributed by atoms with E-state index < -0.39 is 4.92 Å². The second-order valence-electron chi connectivity index (χ2n) is 4.53. The van der Waals surface area contributed by atoms with Gasteiger partial charge in [-0.3, -0.25) is 15.1 Å². The number of nitrogens with one attached hydrogen (secondary N) is 1. The molecule has 1 aromatic rings. The van der Waals surface area contributed by atoms with Gasteiger partial charge in [-0.15, -0.1) is 0 Å². The summed E-state index contributed by atoms with van der Waals surface area (Å²) in [4.78, 5) is 14.5. The fraction of sp³-hybridized carbons (Fsp3) is 0.615. The van der Waals surface area contributed by atoms with Gasteiger partial charge in [-0.05, 0) is 26.0 Å². The lowest BCUT2D eigenvalue weighted by molar-refractivity contribution is -0.385. The number of hydrogen-bond donors (Lipinski definition) is 1. The van der Waals surface area contributed by atoms with Crippen LogP contribution in [-0.2, 0) is 11.2 Å². The van der Waals surface area contributed by atoms with E-state index in [1.165, 1.54) is 6.20 Å². The Morgan fingerprint density at radius 1 is 1.58 bits per heavy atom. The highest BCUT2D eigenvalue weighted by atomic mass is 16.6. The third-order valence-electron chi connectivity index (χ3n) is 2.84. The largest absolute Gasteiger partial charge is 0.383 e. The molecule has 19 heavy (non-hydrogen) atoms. The number of nitro groups is 1. The van der Waals surface area contributed by atoms with E-state index in [0.29, 0.717) is 18.6 Å². The van der Waals surface area contributed by atoms with Gasteiger partial charge < -0.3 is 10.1 Å². The minimum atomic E-state index is -0.409. The zero-order valence-electron chi connectivity index (χ0n) is 11.7. The predicted molar refractivity (Wildman–Crippen MR) is 73.3 cm³/mol. The minimum Gasteiger partial charge on any atom is -0.383 e. The molecule has 0 amide bonds. The van der Waals surface area contributed by atoms with Gasteiger partial charge in [0.1, 0.15) is 6.20 Å². The normalized spacial score (nSPS) is 12.4. The lowest BCUT2D eigenvalue weighted by atomic mass is 10.1. The Bertz CT molecular complexity index is 424. The summed E-state index contributed by atoms with van der Waals surface area (Å²) in [6.07, 6.45) is 3.08. The summed E-state index contributed by atoms with van der Waals surface area (Å²) in [6, 6.07) is 1.95. The topological polar surface area (TPSA) is 77.3 Å². The van der Waals surface area contributed by atoms with Crippen LogP contribution < -0.4 is 5.32 Å². The van der Waals surface area contributed by atoms with Crippen LogP contribution in [0.2, 0.25) is 0 Å². The van der Waals surface area contributed by atoms with Crippen LogP contribution in [0.4, 0.5) is 5.69 Å². The van der Waals surface area contributed by atoms with E-state index in [0.717, 1.165) is 18.7 Å². The maximum absolute atomic E-state index is 10.7. The number of hydrogen-bond acceptors (Lipinski definition) is 5. The number of rotatable bonds is 8. The van der Waals surface area contributed by atoms with Crippen LogP contribution in [0.5, 0.6) is 0 Å². The number of aromatic nitrogens is 1. The van der Waals surface area contributed by atoms with Gasteiger partial charge in [0, 0.05) is 30.8 Å². The molecule has 0 saturated heterocycles. The van der Waals surface area contributed by atoms with Crippen molar-refractivity contribution < 1.29 is 9.66 Å². The van der Waals surface area contributed by atoms with Crippen molar-refractivity contribution in [3.8, 4) is 0 Å². The molecule has 1 unspecified atom stereocenters. The van der Waals surface area contributed by atoms with Crippen molar-refractivity contribution in [1.82, 2.24) is 10.3 Å². The van der Waals surface area contributed by atoms with Gasteiger partial charge in [-0.1, -0.05) is 6.92 Å². The van der Waals surface area contributed by atoms with E-state index in [9.17, 15) is 10.1 Å². The van der Waals surface area contributed by atoms with Gasteiger partial charge in [-0.25, -0.2) is 0 Å². The number of methoxy groups -OCH3 is 1. The van der Waals surface area contributed by atoms with Crippen LogP contribution in [0, 0.1) is 17.0 Å². The van der Waals surface area contributed by atoms with Crippen molar-refractivity contribution >= 4 is 5.69 Å². The Balaban J connectivity index is 2.73. The highest BCUT2D eigenvalue weighted by Gasteiger charge is 2.14. The van der Waals surface area contributed by atoms with E-state index in [2.05, 4.69) is 17.2 Å². The molecule has 106 valence electrons. The van der Waals surface area contributed by atoms with Gasteiger partial charge in [0.2, 0.25) is 0 Å². The molecule has 0 aliphatic heterocycles. The quantitative estimate of drug-likeness (QED) is 0.574. The molecule has 1 rings (SSSR count). The van der Waals surface area contributed by atoms with Crippen LogP contribution >= 0.6 is 0 Å². The molecule has 0 aliphatic carbocycles. The van der Waals surface area contributed by atoms with Crippen molar-refractivity contribution in [2.75, 3.05) is 20.3 Å². The molecular formula is C13H21N3O3. The Morgan fingerprint density at radius 2 is 2.32 bits per heavy atom. The molecule has 0 aliphatic rings.